The fourth-order valence-corrected chi connectivity index (χ4v) is 3.29. The van der Waals surface area contributed by atoms with Crippen LogP contribution < -0.4 is 4.90 Å². The molecule has 0 amide bonds. The number of amidine groups is 2. The Balaban J connectivity index is 1.85. The molecule has 146 valence electrons. The first-order valence-corrected chi connectivity index (χ1v) is 10.00. The zero-order valence-corrected chi connectivity index (χ0v) is 16.7. The van der Waals surface area contributed by atoms with Gasteiger partial charge in [-0.3, -0.25) is 10.8 Å². The first kappa shape index (κ1) is 19.7. The molecule has 0 aromatic heterocycles. The van der Waals surface area contributed by atoms with Crippen molar-refractivity contribution < 1.29 is 0 Å². The molecule has 0 atom stereocenters. The number of nitrogens with one attached hydrogen (secondary N) is 2. The van der Waals surface area contributed by atoms with E-state index in [-0.39, 0.29) is 11.7 Å². The summed E-state index contributed by atoms with van der Waals surface area (Å²) in [5.41, 5.74) is 3.26. The SMILES string of the molecule is CCCCN(CCCC)c1ccccc1N=NN1C(=N)c2ccccc2C1=N. The van der Waals surface area contributed by atoms with Gasteiger partial charge in [0.1, 0.15) is 5.69 Å². The molecule has 0 fully saturated rings. The van der Waals surface area contributed by atoms with Crippen molar-refractivity contribution in [1.82, 2.24) is 5.01 Å². The van der Waals surface area contributed by atoms with E-state index in [1.54, 1.807) is 0 Å². The van der Waals surface area contributed by atoms with Gasteiger partial charge in [-0.05, 0) is 25.0 Å². The molecule has 0 aliphatic carbocycles. The topological polar surface area (TPSA) is 78.9 Å². The third kappa shape index (κ3) is 4.11. The van der Waals surface area contributed by atoms with Gasteiger partial charge in [-0.2, -0.15) is 5.01 Å². The first-order valence-electron chi connectivity index (χ1n) is 10.00. The Morgan fingerprint density at radius 1 is 0.821 bits per heavy atom. The van der Waals surface area contributed by atoms with Crippen molar-refractivity contribution in [3.63, 3.8) is 0 Å². The smallest absolute Gasteiger partial charge is 0.158 e. The van der Waals surface area contributed by atoms with E-state index < -0.39 is 0 Å². The van der Waals surface area contributed by atoms with Crippen molar-refractivity contribution in [2.45, 2.75) is 39.5 Å². The van der Waals surface area contributed by atoms with Crippen LogP contribution >= 0.6 is 0 Å². The molecule has 1 aliphatic heterocycles. The Hall–Kier alpha value is -3.02. The molecule has 1 heterocycles. The number of hydrogen-bond donors (Lipinski definition) is 2. The minimum absolute atomic E-state index is 0.190. The quantitative estimate of drug-likeness (QED) is 0.546. The molecule has 2 N–H and O–H groups in total. The molecule has 0 radical (unpaired) electrons. The monoisotopic (exact) mass is 376 g/mol. The molecule has 0 unspecified atom stereocenters. The van der Waals surface area contributed by atoms with Crippen LogP contribution in [0.3, 0.4) is 0 Å². The van der Waals surface area contributed by atoms with Crippen molar-refractivity contribution in [2.24, 2.45) is 10.3 Å². The number of nitrogens with zero attached hydrogens (tertiary/aromatic N) is 4. The lowest BCUT2D eigenvalue weighted by molar-refractivity contribution is 0.614. The third-order valence-corrected chi connectivity index (χ3v) is 4.89. The number of unbranched alkanes of at least 4 members (excludes halogenated alkanes) is 2. The maximum absolute atomic E-state index is 8.32. The van der Waals surface area contributed by atoms with Crippen LogP contribution in [0.25, 0.3) is 0 Å². The van der Waals surface area contributed by atoms with Gasteiger partial charge < -0.3 is 4.90 Å². The minimum Gasteiger partial charge on any atom is -0.370 e. The maximum atomic E-state index is 8.32. The van der Waals surface area contributed by atoms with Gasteiger partial charge in [0.15, 0.2) is 11.7 Å². The van der Waals surface area contributed by atoms with E-state index >= 15 is 0 Å². The number of fused-ring (bicyclic) bond motifs is 1. The van der Waals surface area contributed by atoms with Gasteiger partial charge in [-0.25, -0.2) is 0 Å². The number of benzene rings is 2. The Morgan fingerprint density at radius 2 is 1.36 bits per heavy atom. The van der Waals surface area contributed by atoms with E-state index in [4.69, 9.17) is 10.8 Å². The summed E-state index contributed by atoms with van der Waals surface area (Å²) in [7, 11) is 0. The Labute approximate surface area is 166 Å². The Bertz CT molecular complexity index is 830. The number of para-hydroxylation sites is 1. The maximum Gasteiger partial charge on any atom is 0.158 e. The summed E-state index contributed by atoms with van der Waals surface area (Å²) in [6, 6.07) is 15.4. The number of rotatable bonds is 9. The summed E-state index contributed by atoms with van der Waals surface area (Å²) in [6.45, 7) is 6.38. The van der Waals surface area contributed by atoms with Crippen LogP contribution in [0.5, 0.6) is 0 Å². The van der Waals surface area contributed by atoms with Crippen LogP contribution in [-0.4, -0.2) is 29.8 Å². The van der Waals surface area contributed by atoms with Gasteiger partial charge in [0.25, 0.3) is 0 Å². The van der Waals surface area contributed by atoms with Gasteiger partial charge in [-0.1, -0.05) is 68.3 Å². The van der Waals surface area contributed by atoms with Gasteiger partial charge in [0, 0.05) is 24.2 Å². The molecule has 0 saturated heterocycles. The van der Waals surface area contributed by atoms with Gasteiger partial charge >= 0.3 is 0 Å². The summed E-state index contributed by atoms with van der Waals surface area (Å²) < 4.78 is 0. The predicted octanol–water partition coefficient (Wildman–Crippen LogP) is 5.76. The van der Waals surface area contributed by atoms with Gasteiger partial charge in [-0.15, -0.1) is 5.11 Å². The second-order valence-corrected chi connectivity index (χ2v) is 6.93. The molecule has 28 heavy (non-hydrogen) atoms. The second kappa shape index (κ2) is 9.26. The second-order valence-electron chi connectivity index (χ2n) is 6.93. The van der Waals surface area contributed by atoms with E-state index in [0.717, 1.165) is 50.1 Å². The van der Waals surface area contributed by atoms with Crippen LogP contribution in [0.4, 0.5) is 11.4 Å². The molecular weight excluding hydrogens is 348 g/mol. The Kier molecular flexibility index (Phi) is 6.53. The predicted molar refractivity (Wildman–Crippen MR) is 115 cm³/mol. The molecule has 0 saturated carbocycles. The van der Waals surface area contributed by atoms with Crippen molar-refractivity contribution in [1.29, 1.82) is 10.8 Å². The van der Waals surface area contributed by atoms with Crippen LogP contribution in [0.1, 0.15) is 50.7 Å². The number of hydrogen-bond acceptors (Lipinski definition) is 5. The van der Waals surface area contributed by atoms with E-state index in [1.165, 1.54) is 5.01 Å². The summed E-state index contributed by atoms with van der Waals surface area (Å²) in [5, 5.41) is 26.6. The summed E-state index contributed by atoms with van der Waals surface area (Å²) >= 11 is 0. The van der Waals surface area contributed by atoms with Crippen LogP contribution in [0.15, 0.2) is 58.9 Å². The van der Waals surface area contributed by atoms with E-state index in [9.17, 15) is 0 Å². The van der Waals surface area contributed by atoms with Crippen molar-refractivity contribution >= 4 is 23.0 Å². The minimum atomic E-state index is 0.190. The van der Waals surface area contributed by atoms with Crippen molar-refractivity contribution in [2.75, 3.05) is 18.0 Å². The largest absolute Gasteiger partial charge is 0.370 e. The zero-order valence-electron chi connectivity index (χ0n) is 16.7. The van der Waals surface area contributed by atoms with Crippen molar-refractivity contribution in [3.05, 3.63) is 59.7 Å². The zero-order chi connectivity index (χ0) is 19.9. The fourth-order valence-electron chi connectivity index (χ4n) is 3.29. The highest BCUT2D eigenvalue weighted by atomic mass is 15.6. The average molecular weight is 377 g/mol. The highest BCUT2D eigenvalue weighted by Gasteiger charge is 2.29. The van der Waals surface area contributed by atoms with Gasteiger partial charge in [0.05, 0.1) is 5.69 Å². The van der Waals surface area contributed by atoms with E-state index in [2.05, 4.69) is 35.2 Å². The lowest BCUT2D eigenvalue weighted by Gasteiger charge is -2.25. The first-order chi connectivity index (χ1) is 13.7. The molecular formula is C22H28N6. The lowest BCUT2D eigenvalue weighted by atomic mass is 10.1. The molecule has 0 bridgehead atoms. The highest BCUT2D eigenvalue weighted by molar-refractivity contribution is 6.22. The standard InChI is InChI=1S/C22H28N6/c1-3-5-15-27(16-6-4-2)20-14-10-9-13-19(20)25-26-28-21(23)17-11-7-8-12-18(17)22(28)24/h7-14,23-24H,3-6,15-16H2,1-2H3. The average Bonchev–Trinajstić information content (AvgIpc) is 2.97. The summed E-state index contributed by atoms with van der Waals surface area (Å²) in [6.07, 6.45) is 4.55. The number of anilines is 1. The van der Waals surface area contributed by atoms with Gasteiger partial charge in [0.2, 0.25) is 0 Å². The molecule has 0 spiro atoms. The van der Waals surface area contributed by atoms with E-state index in [1.807, 2.05) is 42.5 Å². The Morgan fingerprint density at radius 3 is 1.93 bits per heavy atom. The van der Waals surface area contributed by atoms with Crippen LogP contribution in [-0.2, 0) is 0 Å². The molecule has 3 rings (SSSR count). The molecule has 6 nitrogen and oxygen atoms in total. The molecule has 2 aromatic carbocycles. The van der Waals surface area contributed by atoms with E-state index in [0.29, 0.717) is 11.1 Å². The summed E-state index contributed by atoms with van der Waals surface area (Å²) in [5.74, 6) is 0.381. The fraction of sp³-hybridized carbons (Fsp3) is 0.364. The summed E-state index contributed by atoms with van der Waals surface area (Å²) in [4.78, 5) is 2.37. The normalized spacial score (nSPS) is 13.4. The van der Waals surface area contributed by atoms with Crippen molar-refractivity contribution in [3.8, 4) is 0 Å². The molecule has 2 aromatic rings. The molecule has 6 heteroatoms. The van der Waals surface area contributed by atoms with Crippen LogP contribution in [0, 0.1) is 10.8 Å². The molecule has 1 aliphatic rings. The van der Waals surface area contributed by atoms with Crippen LogP contribution in [0.2, 0.25) is 0 Å². The third-order valence-electron chi connectivity index (χ3n) is 4.89. The highest BCUT2D eigenvalue weighted by Crippen LogP contribution is 2.31. The lowest BCUT2D eigenvalue weighted by Crippen LogP contribution is -2.26.